The minimum atomic E-state index is -0.520. The van der Waals surface area contributed by atoms with E-state index in [2.05, 4.69) is 5.43 Å². The van der Waals surface area contributed by atoms with Crippen molar-refractivity contribution >= 4 is 35.2 Å². The number of nitrogens with one attached hydrogen (secondary N) is 1. The maximum atomic E-state index is 12.6. The van der Waals surface area contributed by atoms with Crippen LogP contribution in [0.1, 0.15) is 11.1 Å². The molecule has 0 unspecified atom stereocenters. The minimum Gasteiger partial charge on any atom is -0.503 e. The van der Waals surface area contributed by atoms with Gasteiger partial charge >= 0.3 is 0 Å². The van der Waals surface area contributed by atoms with Crippen LogP contribution >= 0.6 is 11.6 Å². The Morgan fingerprint density at radius 2 is 1.88 bits per heavy atom. The molecule has 3 rings (SSSR count). The summed E-state index contributed by atoms with van der Waals surface area (Å²) in [5.74, 6) is -1.04. The number of halogens is 1. The van der Waals surface area contributed by atoms with Gasteiger partial charge in [-0.1, -0.05) is 29.3 Å². The van der Waals surface area contributed by atoms with Crippen LogP contribution in [-0.4, -0.2) is 24.0 Å². The van der Waals surface area contributed by atoms with Crippen LogP contribution in [0.2, 0.25) is 5.02 Å². The fourth-order valence-corrected chi connectivity index (χ4v) is 2.65. The van der Waals surface area contributed by atoms with E-state index in [1.165, 1.54) is 30.3 Å². The number of carbonyl (C=O) groups excluding carboxylic acids is 2. The maximum absolute atomic E-state index is 12.6. The van der Waals surface area contributed by atoms with Crippen molar-refractivity contribution in [3.05, 3.63) is 58.1 Å². The third kappa shape index (κ3) is 3.16. The predicted octanol–water partition coefficient (Wildman–Crippen LogP) is 2.82. The Morgan fingerprint density at radius 3 is 2.52 bits per heavy atom. The molecule has 1 fully saturated rings. The number of amides is 2. The molecule has 7 heteroatoms. The van der Waals surface area contributed by atoms with Gasteiger partial charge in [0.1, 0.15) is 5.57 Å². The number of methoxy groups -OCH3 is 1. The second-order valence-corrected chi connectivity index (χ2v) is 5.94. The lowest BCUT2D eigenvalue weighted by Crippen LogP contribution is -2.35. The molecule has 0 saturated carbocycles. The molecule has 2 N–H and O–H groups in total. The largest absolute Gasteiger partial charge is 0.503 e. The van der Waals surface area contributed by atoms with Crippen LogP contribution in [0, 0.1) is 6.92 Å². The lowest BCUT2D eigenvalue weighted by atomic mass is 10.1. The highest BCUT2D eigenvalue weighted by Gasteiger charge is 2.34. The van der Waals surface area contributed by atoms with Gasteiger partial charge in [0, 0.05) is 0 Å². The van der Waals surface area contributed by atoms with Crippen molar-refractivity contribution in [1.29, 1.82) is 0 Å². The quantitative estimate of drug-likeness (QED) is 0.653. The zero-order valence-corrected chi connectivity index (χ0v) is 14.3. The normalized spacial score (nSPS) is 15.6. The van der Waals surface area contributed by atoms with Crippen LogP contribution in [0.5, 0.6) is 11.5 Å². The average molecular weight is 359 g/mol. The van der Waals surface area contributed by atoms with E-state index in [1.54, 1.807) is 12.1 Å². The standard InChI is InChI=1S/C18H15ClN2O4/c1-10-3-5-12(6-4-10)21-18(24)13(17(23)20-21)7-11-8-14(19)16(22)15(9-11)25-2/h3-9,22H,1-2H3,(H,20,23). The maximum Gasteiger partial charge on any atom is 0.282 e. The first-order chi connectivity index (χ1) is 11.9. The predicted molar refractivity (Wildman–Crippen MR) is 94.5 cm³/mol. The molecule has 0 aromatic heterocycles. The van der Waals surface area contributed by atoms with E-state index < -0.39 is 11.8 Å². The van der Waals surface area contributed by atoms with Gasteiger partial charge in [-0.2, -0.15) is 0 Å². The number of carbonyl (C=O) groups is 2. The van der Waals surface area contributed by atoms with E-state index in [4.69, 9.17) is 16.3 Å². The van der Waals surface area contributed by atoms with Gasteiger partial charge in [-0.3, -0.25) is 15.0 Å². The highest BCUT2D eigenvalue weighted by Crippen LogP contribution is 2.35. The second kappa shape index (κ2) is 6.49. The number of hydrazine groups is 1. The molecule has 0 spiro atoms. The smallest absolute Gasteiger partial charge is 0.282 e. The molecule has 1 aliphatic heterocycles. The van der Waals surface area contributed by atoms with Gasteiger partial charge in [-0.05, 0) is 42.8 Å². The highest BCUT2D eigenvalue weighted by molar-refractivity contribution is 6.33. The van der Waals surface area contributed by atoms with Gasteiger partial charge in [-0.25, -0.2) is 5.01 Å². The molecule has 0 aliphatic carbocycles. The molecule has 1 aliphatic rings. The van der Waals surface area contributed by atoms with Crippen molar-refractivity contribution in [1.82, 2.24) is 5.43 Å². The number of benzene rings is 2. The summed E-state index contributed by atoms with van der Waals surface area (Å²) in [6.07, 6.45) is 1.40. The molecule has 2 amide bonds. The second-order valence-electron chi connectivity index (χ2n) is 5.53. The van der Waals surface area contributed by atoms with Crippen molar-refractivity contribution in [2.24, 2.45) is 0 Å². The molecular weight excluding hydrogens is 344 g/mol. The Labute approximate surface area is 149 Å². The van der Waals surface area contributed by atoms with Crippen LogP contribution < -0.4 is 15.2 Å². The minimum absolute atomic E-state index is 0.0376. The molecule has 25 heavy (non-hydrogen) atoms. The number of nitrogens with zero attached hydrogens (tertiary/aromatic N) is 1. The van der Waals surface area contributed by atoms with Crippen LogP contribution in [0.25, 0.3) is 6.08 Å². The summed E-state index contributed by atoms with van der Waals surface area (Å²) in [5.41, 5.74) is 4.56. The van der Waals surface area contributed by atoms with Crippen molar-refractivity contribution in [2.45, 2.75) is 6.92 Å². The van der Waals surface area contributed by atoms with Crippen LogP contribution in [0.15, 0.2) is 42.0 Å². The fourth-order valence-electron chi connectivity index (χ4n) is 2.43. The van der Waals surface area contributed by atoms with E-state index in [1.807, 2.05) is 19.1 Å². The number of rotatable bonds is 3. The molecule has 1 heterocycles. The van der Waals surface area contributed by atoms with Gasteiger partial charge in [0.05, 0.1) is 17.8 Å². The fraction of sp³-hybridized carbons (Fsp3) is 0.111. The van der Waals surface area contributed by atoms with Crippen molar-refractivity contribution < 1.29 is 19.4 Å². The molecule has 1 saturated heterocycles. The van der Waals surface area contributed by atoms with Crippen molar-refractivity contribution in [3.63, 3.8) is 0 Å². The Balaban J connectivity index is 1.96. The highest BCUT2D eigenvalue weighted by atomic mass is 35.5. The number of hydrogen-bond acceptors (Lipinski definition) is 4. The SMILES string of the molecule is COc1cc(C=C2C(=O)NN(c3ccc(C)cc3)C2=O)cc(Cl)c1O. The van der Waals surface area contributed by atoms with Crippen molar-refractivity contribution in [2.75, 3.05) is 12.1 Å². The molecule has 0 bridgehead atoms. The lowest BCUT2D eigenvalue weighted by Gasteiger charge is -2.14. The topological polar surface area (TPSA) is 78.9 Å². The first-order valence-electron chi connectivity index (χ1n) is 7.41. The first-order valence-corrected chi connectivity index (χ1v) is 7.79. The van der Waals surface area contributed by atoms with Crippen molar-refractivity contribution in [3.8, 4) is 11.5 Å². The van der Waals surface area contributed by atoms with Crippen LogP contribution in [0.4, 0.5) is 5.69 Å². The summed E-state index contributed by atoms with van der Waals surface area (Å²) in [6.45, 7) is 1.93. The first kappa shape index (κ1) is 16.9. The van der Waals surface area contributed by atoms with Gasteiger partial charge in [0.2, 0.25) is 0 Å². The number of hydrogen-bond donors (Lipinski definition) is 2. The number of aromatic hydroxyl groups is 1. The van der Waals surface area contributed by atoms with E-state index in [0.29, 0.717) is 11.3 Å². The van der Waals surface area contributed by atoms with Gasteiger partial charge in [0.15, 0.2) is 11.5 Å². The third-order valence-corrected chi connectivity index (χ3v) is 4.05. The molecule has 2 aromatic carbocycles. The number of anilines is 1. The zero-order chi connectivity index (χ0) is 18.1. The van der Waals surface area contributed by atoms with E-state index in [-0.39, 0.29) is 22.1 Å². The van der Waals surface area contributed by atoms with Gasteiger partial charge < -0.3 is 9.84 Å². The average Bonchev–Trinajstić information content (AvgIpc) is 2.86. The molecule has 6 nitrogen and oxygen atoms in total. The molecule has 0 radical (unpaired) electrons. The summed E-state index contributed by atoms with van der Waals surface area (Å²) >= 11 is 5.94. The molecule has 0 atom stereocenters. The van der Waals surface area contributed by atoms with Crippen LogP contribution in [0.3, 0.4) is 0 Å². The Kier molecular flexibility index (Phi) is 4.37. The molecular formula is C18H15ClN2O4. The number of phenolic OH excluding ortho intramolecular Hbond substituents is 1. The van der Waals surface area contributed by atoms with E-state index in [0.717, 1.165) is 5.56 Å². The number of aryl methyl sites for hydroxylation is 1. The summed E-state index contributed by atoms with van der Waals surface area (Å²) in [4.78, 5) is 24.8. The van der Waals surface area contributed by atoms with Crippen LogP contribution in [-0.2, 0) is 9.59 Å². The van der Waals surface area contributed by atoms with Gasteiger partial charge in [0.25, 0.3) is 11.8 Å². The summed E-state index contributed by atoms with van der Waals surface area (Å²) in [6, 6.07) is 10.1. The Bertz CT molecular complexity index is 891. The Morgan fingerprint density at radius 1 is 1.20 bits per heavy atom. The van der Waals surface area contributed by atoms with E-state index in [9.17, 15) is 14.7 Å². The van der Waals surface area contributed by atoms with E-state index >= 15 is 0 Å². The third-order valence-electron chi connectivity index (χ3n) is 3.77. The Hall–Kier alpha value is -2.99. The monoisotopic (exact) mass is 358 g/mol. The number of phenols is 1. The summed E-state index contributed by atoms with van der Waals surface area (Å²) in [5, 5.41) is 11.0. The molecule has 128 valence electrons. The van der Waals surface area contributed by atoms with Gasteiger partial charge in [-0.15, -0.1) is 0 Å². The summed E-state index contributed by atoms with van der Waals surface area (Å²) < 4.78 is 5.03. The summed E-state index contributed by atoms with van der Waals surface area (Å²) in [7, 11) is 1.38. The zero-order valence-electron chi connectivity index (χ0n) is 13.5. The number of ether oxygens (including phenoxy) is 1. The lowest BCUT2D eigenvalue weighted by molar-refractivity contribution is -0.117. The molecule has 2 aromatic rings.